The second kappa shape index (κ2) is 9.48. The molecule has 1 unspecified atom stereocenters. The van der Waals surface area contributed by atoms with Crippen molar-refractivity contribution in [1.29, 1.82) is 0 Å². The standard InChI is InChI=1S/C4H9NO2S.2H2S/c5-3(1-2-8)4(6)7;;/h3,8H,1-2,5H2,(H,6,7);2*1H2. The van der Waals surface area contributed by atoms with Gasteiger partial charge in [0.1, 0.15) is 6.04 Å². The van der Waals surface area contributed by atoms with Gasteiger partial charge in [0, 0.05) is 0 Å². The van der Waals surface area contributed by atoms with E-state index in [1.807, 2.05) is 0 Å². The Bertz CT molecular complexity index is 90.6. The van der Waals surface area contributed by atoms with Crippen LogP contribution in [0.3, 0.4) is 0 Å². The Morgan fingerprint density at radius 1 is 1.60 bits per heavy atom. The van der Waals surface area contributed by atoms with Crippen LogP contribution in [0.25, 0.3) is 0 Å². The number of aliphatic carboxylic acids is 1. The summed E-state index contributed by atoms with van der Waals surface area (Å²) in [5.74, 6) is -0.438. The fourth-order valence-electron chi connectivity index (χ4n) is 0.263. The average molecular weight is 203 g/mol. The highest BCUT2D eigenvalue weighted by Crippen LogP contribution is 1.88. The molecule has 0 aliphatic rings. The van der Waals surface area contributed by atoms with Gasteiger partial charge in [-0.3, -0.25) is 4.79 Å². The number of hydrogen-bond donors (Lipinski definition) is 3. The largest absolute Gasteiger partial charge is 0.480 e. The molecule has 0 amide bonds. The van der Waals surface area contributed by atoms with E-state index in [1.165, 1.54) is 0 Å². The first kappa shape index (κ1) is 16.8. The molecular weight excluding hydrogens is 190 g/mol. The van der Waals surface area contributed by atoms with Crippen LogP contribution in [0.5, 0.6) is 0 Å². The molecule has 64 valence electrons. The monoisotopic (exact) mass is 203 g/mol. The number of nitrogens with two attached hydrogens (primary N) is 1. The molecule has 0 spiro atoms. The summed E-state index contributed by atoms with van der Waals surface area (Å²) in [6.45, 7) is 0. The van der Waals surface area contributed by atoms with E-state index in [1.54, 1.807) is 0 Å². The predicted octanol–water partition coefficient (Wildman–Crippen LogP) is -0.0562. The Balaban J connectivity index is -0.000000245. The van der Waals surface area contributed by atoms with E-state index < -0.39 is 12.0 Å². The molecule has 0 bridgehead atoms. The molecule has 0 aromatic heterocycles. The summed E-state index contributed by atoms with van der Waals surface area (Å²) in [6, 6.07) is -0.743. The highest BCUT2D eigenvalue weighted by molar-refractivity contribution is 7.80. The molecule has 0 heterocycles. The van der Waals surface area contributed by atoms with Crippen molar-refractivity contribution in [2.24, 2.45) is 5.73 Å². The van der Waals surface area contributed by atoms with Gasteiger partial charge in [-0.25, -0.2) is 0 Å². The normalized spacial score (nSPS) is 10.6. The van der Waals surface area contributed by atoms with Gasteiger partial charge in [0.05, 0.1) is 0 Å². The van der Waals surface area contributed by atoms with E-state index >= 15 is 0 Å². The molecular formula is C4H13NO2S3. The van der Waals surface area contributed by atoms with E-state index in [4.69, 9.17) is 10.8 Å². The van der Waals surface area contributed by atoms with Gasteiger partial charge in [0.2, 0.25) is 0 Å². The predicted molar refractivity (Wildman–Crippen MR) is 54.8 cm³/mol. The van der Waals surface area contributed by atoms with Crippen LogP contribution in [0, 0.1) is 0 Å². The van der Waals surface area contributed by atoms with Crippen molar-refractivity contribution in [3.05, 3.63) is 0 Å². The minimum Gasteiger partial charge on any atom is -0.480 e. The first-order chi connectivity index (χ1) is 3.68. The number of rotatable bonds is 3. The Hall–Kier alpha value is 0.480. The van der Waals surface area contributed by atoms with Gasteiger partial charge in [-0.05, 0) is 12.2 Å². The maximum absolute atomic E-state index is 9.93. The van der Waals surface area contributed by atoms with Gasteiger partial charge in [-0.2, -0.15) is 39.6 Å². The van der Waals surface area contributed by atoms with Crippen LogP contribution in [0.4, 0.5) is 0 Å². The maximum atomic E-state index is 9.93. The van der Waals surface area contributed by atoms with E-state index in [-0.39, 0.29) is 27.0 Å². The lowest BCUT2D eigenvalue weighted by Crippen LogP contribution is -2.30. The molecule has 3 nitrogen and oxygen atoms in total. The van der Waals surface area contributed by atoms with Crippen molar-refractivity contribution in [3.8, 4) is 0 Å². The van der Waals surface area contributed by atoms with Gasteiger partial charge in [0.15, 0.2) is 0 Å². The number of carbonyl (C=O) groups is 1. The Labute approximate surface area is 79.7 Å². The van der Waals surface area contributed by atoms with Crippen LogP contribution in [0.1, 0.15) is 6.42 Å². The molecule has 0 aliphatic carbocycles. The van der Waals surface area contributed by atoms with E-state index in [0.29, 0.717) is 12.2 Å². The second-order valence-electron chi connectivity index (χ2n) is 1.46. The third-order valence-corrected chi connectivity index (χ3v) is 1.02. The Morgan fingerprint density at radius 3 is 2.10 bits per heavy atom. The van der Waals surface area contributed by atoms with E-state index in [2.05, 4.69) is 12.6 Å². The van der Waals surface area contributed by atoms with Gasteiger partial charge < -0.3 is 10.8 Å². The quantitative estimate of drug-likeness (QED) is 0.563. The molecule has 0 saturated heterocycles. The maximum Gasteiger partial charge on any atom is 0.320 e. The van der Waals surface area contributed by atoms with Gasteiger partial charge in [-0.1, -0.05) is 0 Å². The average Bonchev–Trinajstić information content (AvgIpc) is 1.67. The van der Waals surface area contributed by atoms with Gasteiger partial charge in [-0.15, -0.1) is 0 Å². The van der Waals surface area contributed by atoms with Crippen molar-refractivity contribution >= 4 is 45.6 Å². The molecule has 6 heteroatoms. The molecule has 0 aliphatic heterocycles. The smallest absolute Gasteiger partial charge is 0.320 e. The summed E-state index contributed by atoms with van der Waals surface area (Å²) in [7, 11) is 0. The summed E-state index contributed by atoms with van der Waals surface area (Å²) >= 11 is 3.81. The third kappa shape index (κ3) is 8.48. The van der Waals surface area contributed by atoms with Crippen molar-refractivity contribution in [3.63, 3.8) is 0 Å². The van der Waals surface area contributed by atoms with Gasteiger partial charge in [0.25, 0.3) is 0 Å². The minimum absolute atomic E-state index is 0. The lowest BCUT2D eigenvalue weighted by molar-refractivity contribution is -0.138. The molecule has 0 aromatic carbocycles. The first-order valence-electron chi connectivity index (χ1n) is 2.27. The highest BCUT2D eigenvalue weighted by Gasteiger charge is 2.08. The molecule has 0 fully saturated rings. The van der Waals surface area contributed by atoms with Crippen LogP contribution in [0.2, 0.25) is 0 Å². The van der Waals surface area contributed by atoms with Crippen molar-refractivity contribution < 1.29 is 9.90 Å². The minimum atomic E-state index is -0.959. The van der Waals surface area contributed by atoms with Crippen LogP contribution in [-0.4, -0.2) is 22.9 Å². The van der Waals surface area contributed by atoms with Crippen LogP contribution < -0.4 is 5.73 Å². The van der Waals surface area contributed by atoms with Crippen LogP contribution in [0.15, 0.2) is 0 Å². The molecule has 3 N–H and O–H groups in total. The zero-order valence-electron chi connectivity index (χ0n) is 5.37. The highest BCUT2D eigenvalue weighted by atomic mass is 32.1. The fraction of sp³-hybridized carbons (Fsp3) is 0.750. The Morgan fingerprint density at radius 2 is 2.00 bits per heavy atom. The lowest BCUT2D eigenvalue weighted by Gasteiger charge is -2.00. The number of carboxylic acids is 1. The topological polar surface area (TPSA) is 63.3 Å². The molecule has 0 radical (unpaired) electrons. The Kier molecular flexibility index (Phi) is 16.0. The van der Waals surface area contributed by atoms with Crippen LogP contribution >= 0.6 is 39.6 Å². The van der Waals surface area contributed by atoms with Crippen molar-refractivity contribution in [2.45, 2.75) is 12.5 Å². The second-order valence-corrected chi connectivity index (χ2v) is 1.90. The summed E-state index contributed by atoms with van der Waals surface area (Å²) < 4.78 is 0. The van der Waals surface area contributed by atoms with E-state index in [9.17, 15) is 4.79 Å². The lowest BCUT2D eigenvalue weighted by atomic mass is 10.2. The number of thiol groups is 1. The SMILES string of the molecule is NC(CCS)C(=O)O.S.S. The van der Waals surface area contributed by atoms with Crippen molar-refractivity contribution in [2.75, 3.05) is 5.75 Å². The van der Waals surface area contributed by atoms with Crippen LogP contribution in [-0.2, 0) is 4.79 Å². The molecule has 0 saturated carbocycles. The summed E-state index contributed by atoms with van der Waals surface area (Å²) in [5.41, 5.74) is 5.08. The van der Waals surface area contributed by atoms with Crippen molar-refractivity contribution in [1.82, 2.24) is 0 Å². The summed E-state index contributed by atoms with van der Waals surface area (Å²) in [5, 5.41) is 8.15. The number of carboxylic acid groups (broad SMARTS) is 1. The molecule has 0 aromatic rings. The molecule has 1 atom stereocenters. The van der Waals surface area contributed by atoms with Gasteiger partial charge >= 0.3 is 5.97 Å². The van der Waals surface area contributed by atoms with E-state index in [0.717, 1.165) is 0 Å². The summed E-state index contributed by atoms with van der Waals surface area (Å²) in [6.07, 6.45) is 0.429. The number of hydrogen-bond acceptors (Lipinski definition) is 3. The fourth-order valence-corrected chi connectivity index (χ4v) is 0.541. The molecule has 0 rings (SSSR count). The third-order valence-electron chi connectivity index (χ3n) is 0.757. The summed E-state index contributed by atoms with van der Waals surface area (Å²) in [4.78, 5) is 9.93. The zero-order chi connectivity index (χ0) is 6.57. The molecule has 10 heavy (non-hydrogen) atoms. The zero-order valence-corrected chi connectivity index (χ0v) is 8.27. The first-order valence-corrected chi connectivity index (χ1v) is 2.91.